The van der Waals surface area contributed by atoms with Crippen LogP contribution in [-0.4, -0.2) is 55.0 Å². The van der Waals surface area contributed by atoms with E-state index in [0.29, 0.717) is 35.4 Å². The van der Waals surface area contributed by atoms with E-state index in [4.69, 9.17) is 18.9 Å². The fraction of sp³-hybridized carbons (Fsp3) is 0.462. The monoisotopic (exact) mass is 565 g/mol. The molecule has 8 nitrogen and oxygen atoms in total. The van der Waals surface area contributed by atoms with Gasteiger partial charge in [-0.1, -0.05) is 0 Å². The summed E-state index contributed by atoms with van der Waals surface area (Å²) in [6.07, 6.45) is 2.06. The first-order valence-corrected chi connectivity index (χ1v) is 12.6. The third-order valence-electron chi connectivity index (χ3n) is 6.72. The van der Waals surface area contributed by atoms with Gasteiger partial charge >= 0.3 is 12.1 Å². The summed E-state index contributed by atoms with van der Waals surface area (Å²) in [6.45, 7) is 2.91. The van der Waals surface area contributed by atoms with Crippen molar-refractivity contribution in [3.63, 3.8) is 0 Å². The Balaban J connectivity index is 1.75. The summed E-state index contributed by atoms with van der Waals surface area (Å²) < 4.78 is 37.3. The third-order valence-corrected chi connectivity index (χ3v) is 7.36. The van der Waals surface area contributed by atoms with Gasteiger partial charge in [-0.2, -0.15) is 0 Å². The molecule has 2 aromatic carbocycles. The molecule has 0 aliphatic carbocycles. The highest BCUT2D eigenvalue weighted by Gasteiger charge is 2.44. The molecular formula is C26H29BrFNO7. The number of benzene rings is 2. The van der Waals surface area contributed by atoms with Crippen molar-refractivity contribution < 1.29 is 38.0 Å². The van der Waals surface area contributed by atoms with E-state index >= 15 is 0 Å². The summed E-state index contributed by atoms with van der Waals surface area (Å²) in [5, 5.41) is 9.89. The number of esters is 1. The molecule has 1 fully saturated rings. The number of fused-ring (bicyclic) bond motifs is 1. The molecule has 2 aromatic rings. The van der Waals surface area contributed by atoms with Gasteiger partial charge in [0.15, 0.2) is 11.5 Å². The fourth-order valence-electron chi connectivity index (χ4n) is 4.77. The maximum atomic E-state index is 14.2. The Bertz CT molecular complexity index is 1140. The first kappa shape index (κ1) is 26.2. The van der Waals surface area contributed by atoms with Gasteiger partial charge in [0.2, 0.25) is 0 Å². The number of hydrogen-bond donors (Lipinski definition) is 1. The lowest BCUT2D eigenvalue weighted by Gasteiger charge is -2.44. The van der Waals surface area contributed by atoms with E-state index in [9.17, 15) is 19.1 Å². The number of hydrogen-bond acceptors (Lipinski definition) is 6. The Hall–Kier alpha value is -2.85. The summed E-state index contributed by atoms with van der Waals surface area (Å²) in [6, 6.07) is 7.89. The van der Waals surface area contributed by atoms with Crippen molar-refractivity contribution in [1.82, 2.24) is 4.90 Å². The molecule has 36 heavy (non-hydrogen) atoms. The van der Waals surface area contributed by atoms with E-state index in [1.807, 2.05) is 6.07 Å². The van der Waals surface area contributed by atoms with Crippen LogP contribution in [0.3, 0.4) is 0 Å². The summed E-state index contributed by atoms with van der Waals surface area (Å²) in [5.74, 6) is -0.0556. The Morgan fingerprint density at radius 2 is 2.06 bits per heavy atom. The van der Waals surface area contributed by atoms with Crippen molar-refractivity contribution in [2.45, 2.75) is 50.7 Å². The average molecular weight is 566 g/mol. The van der Waals surface area contributed by atoms with Crippen LogP contribution in [0.25, 0.3) is 0 Å². The van der Waals surface area contributed by atoms with Crippen LogP contribution in [-0.2, 0) is 26.2 Å². The van der Waals surface area contributed by atoms with Crippen molar-refractivity contribution >= 4 is 28.0 Å². The molecule has 2 aliphatic rings. The van der Waals surface area contributed by atoms with Crippen molar-refractivity contribution in [3.05, 3.63) is 51.7 Å². The lowest BCUT2D eigenvalue weighted by atomic mass is 9.79. The fourth-order valence-corrected chi connectivity index (χ4v) is 5.01. The van der Waals surface area contributed by atoms with Crippen LogP contribution in [0.2, 0.25) is 0 Å². The highest BCUT2D eigenvalue weighted by atomic mass is 79.9. The highest BCUT2D eigenvalue weighted by Crippen LogP contribution is 2.45. The number of nitrogens with zero attached hydrogens (tertiary/aromatic N) is 1. The van der Waals surface area contributed by atoms with E-state index in [1.165, 1.54) is 24.1 Å². The normalized spacial score (nSPS) is 21.4. The Morgan fingerprint density at radius 1 is 1.25 bits per heavy atom. The molecule has 4 rings (SSSR count). The predicted octanol–water partition coefficient (Wildman–Crippen LogP) is 5.64. The Labute approximate surface area is 217 Å². The number of rotatable bonds is 7. The van der Waals surface area contributed by atoms with E-state index in [1.54, 1.807) is 19.1 Å². The molecule has 0 radical (unpaired) electrons. The molecule has 0 bridgehead atoms. The van der Waals surface area contributed by atoms with Crippen molar-refractivity contribution in [3.8, 4) is 17.2 Å². The number of methoxy groups -OCH3 is 1. The molecule has 0 aromatic heterocycles. The van der Waals surface area contributed by atoms with Crippen molar-refractivity contribution in [1.29, 1.82) is 0 Å². The zero-order chi connectivity index (χ0) is 25.9. The second-order valence-electron chi connectivity index (χ2n) is 9.14. The van der Waals surface area contributed by atoms with Crippen LogP contribution < -0.4 is 9.47 Å². The quantitative estimate of drug-likeness (QED) is 0.434. The van der Waals surface area contributed by atoms with Crippen LogP contribution in [0.15, 0.2) is 34.8 Å². The molecule has 0 saturated carbocycles. The summed E-state index contributed by atoms with van der Waals surface area (Å²) in [7, 11) is 1.27. The Morgan fingerprint density at radius 3 is 2.72 bits per heavy atom. The van der Waals surface area contributed by atoms with Gasteiger partial charge in [-0.15, -0.1) is 0 Å². The summed E-state index contributed by atoms with van der Waals surface area (Å²) in [5.41, 5.74) is 0.254. The number of halogens is 2. The van der Waals surface area contributed by atoms with Crippen molar-refractivity contribution in [2.24, 2.45) is 0 Å². The number of ether oxygens (including phenoxy) is 4. The zero-order valence-electron chi connectivity index (χ0n) is 20.2. The maximum Gasteiger partial charge on any atom is 0.408 e. The molecule has 0 spiro atoms. The van der Waals surface area contributed by atoms with E-state index in [2.05, 4.69) is 15.9 Å². The average Bonchev–Trinajstić information content (AvgIpc) is 2.85. The minimum Gasteiger partial charge on any atom is -0.487 e. The molecule has 1 amide bonds. The molecule has 194 valence electrons. The number of carbonyl (C=O) groups is 2. The van der Waals surface area contributed by atoms with Gasteiger partial charge in [-0.05, 0) is 83.9 Å². The first-order chi connectivity index (χ1) is 17.2. The standard InChI is InChI=1S/C26H29BrFNO7/c1-26(14-24(30)33-2)19-13-23(36-17-6-7-20(27)21(28)12-17)22(35-15-18-5-3-4-10-34-18)11-16(19)8-9-29(26)25(31)32/h6-7,11-13,18H,3-5,8-10,14-15H2,1-2H3,(H,31,32)/t18?,26-/m1/s1. The second kappa shape index (κ2) is 11.0. The minimum atomic E-state index is -1.19. The maximum absolute atomic E-state index is 14.2. The first-order valence-electron chi connectivity index (χ1n) is 11.8. The molecule has 2 aliphatic heterocycles. The second-order valence-corrected chi connectivity index (χ2v) is 10.00. The number of amides is 1. The van der Waals surface area contributed by atoms with Crippen LogP contribution in [0.4, 0.5) is 9.18 Å². The van der Waals surface area contributed by atoms with Gasteiger partial charge in [0, 0.05) is 19.2 Å². The topological polar surface area (TPSA) is 94.5 Å². The SMILES string of the molecule is COC(=O)C[C@]1(C)c2cc(Oc3ccc(Br)c(F)c3)c(OCC3CCCCO3)cc2CCN1C(=O)O. The highest BCUT2D eigenvalue weighted by molar-refractivity contribution is 9.10. The van der Waals surface area contributed by atoms with Crippen LogP contribution in [0.1, 0.15) is 43.7 Å². The van der Waals surface area contributed by atoms with Crippen LogP contribution in [0, 0.1) is 5.82 Å². The third kappa shape index (κ3) is 5.59. The minimum absolute atomic E-state index is 0.0418. The van der Waals surface area contributed by atoms with Crippen molar-refractivity contribution in [2.75, 3.05) is 26.9 Å². The van der Waals surface area contributed by atoms with E-state index in [0.717, 1.165) is 24.8 Å². The smallest absolute Gasteiger partial charge is 0.408 e. The molecule has 1 N–H and O–H groups in total. The number of carbonyl (C=O) groups excluding carboxylic acids is 1. The van der Waals surface area contributed by atoms with Gasteiger partial charge < -0.3 is 24.1 Å². The molecule has 10 heteroatoms. The largest absolute Gasteiger partial charge is 0.487 e. The lowest BCUT2D eigenvalue weighted by molar-refractivity contribution is -0.143. The summed E-state index contributed by atoms with van der Waals surface area (Å²) >= 11 is 3.14. The predicted molar refractivity (Wildman–Crippen MR) is 132 cm³/mol. The zero-order valence-corrected chi connectivity index (χ0v) is 21.8. The summed E-state index contributed by atoms with van der Waals surface area (Å²) in [4.78, 5) is 25.6. The van der Waals surface area contributed by atoms with E-state index < -0.39 is 23.4 Å². The van der Waals surface area contributed by atoms with E-state index in [-0.39, 0.29) is 30.6 Å². The van der Waals surface area contributed by atoms with Gasteiger partial charge in [0.25, 0.3) is 0 Å². The molecule has 1 saturated heterocycles. The lowest BCUT2D eigenvalue weighted by Crippen LogP contribution is -2.52. The van der Waals surface area contributed by atoms with Crippen LogP contribution in [0.5, 0.6) is 17.2 Å². The van der Waals surface area contributed by atoms with Crippen LogP contribution >= 0.6 is 15.9 Å². The van der Waals surface area contributed by atoms with Gasteiger partial charge in [-0.25, -0.2) is 9.18 Å². The molecule has 2 atom stereocenters. The van der Waals surface area contributed by atoms with Gasteiger partial charge in [0.05, 0.1) is 29.6 Å². The molecule has 2 heterocycles. The van der Waals surface area contributed by atoms with Gasteiger partial charge in [0.1, 0.15) is 18.2 Å². The Kier molecular flexibility index (Phi) is 8.04. The number of carboxylic acid groups (broad SMARTS) is 1. The van der Waals surface area contributed by atoms with Gasteiger partial charge in [-0.3, -0.25) is 9.69 Å². The molecule has 1 unspecified atom stereocenters. The molecular weight excluding hydrogens is 537 g/mol.